The highest BCUT2D eigenvalue weighted by Crippen LogP contribution is 2.33. The average molecular weight is 177 g/mol. The van der Waals surface area contributed by atoms with Crippen LogP contribution in [-0.2, 0) is 0 Å². The molecule has 0 amide bonds. The lowest BCUT2D eigenvalue weighted by Gasteiger charge is -1.96. The van der Waals surface area contributed by atoms with E-state index in [4.69, 9.17) is 0 Å². The fourth-order valence-electron chi connectivity index (χ4n) is 0.369. The zero-order valence-electron chi connectivity index (χ0n) is 4.79. The van der Waals surface area contributed by atoms with Gasteiger partial charge in [0.05, 0.1) is 5.03 Å². The molecule has 0 fully saturated rings. The van der Waals surface area contributed by atoms with Gasteiger partial charge in [-0.3, -0.25) is 0 Å². The van der Waals surface area contributed by atoms with E-state index >= 15 is 0 Å². The van der Waals surface area contributed by atoms with Crippen LogP contribution >= 0.6 is 33.5 Å². The summed E-state index contributed by atoms with van der Waals surface area (Å²) in [6, 6.07) is 0. The maximum atomic E-state index is 3.63. The molecule has 0 saturated carbocycles. The van der Waals surface area contributed by atoms with Crippen molar-refractivity contribution in [1.82, 2.24) is 4.72 Å². The first-order valence-corrected chi connectivity index (χ1v) is 5.65. The van der Waals surface area contributed by atoms with Crippen LogP contribution in [0.1, 0.15) is 0 Å². The molecule has 1 rings (SSSR count). The first kappa shape index (κ1) is 7.44. The SMILES string of the molecule is C=CCSC1=CSSN1. The molecule has 0 aromatic carbocycles. The molecule has 0 unspecified atom stereocenters. The van der Waals surface area contributed by atoms with Crippen molar-refractivity contribution in [1.29, 1.82) is 0 Å². The molecule has 1 N–H and O–H groups in total. The molecule has 0 radical (unpaired) electrons. The topological polar surface area (TPSA) is 12.0 Å². The van der Waals surface area contributed by atoms with Crippen molar-refractivity contribution in [2.24, 2.45) is 0 Å². The number of thioether (sulfide) groups is 1. The van der Waals surface area contributed by atoms with Crippen molar-refractivity contribution in [2.75, 3.05) is 5.75 Å². The Morgan fingerprint density at radius 2 is 2.78 bits per heavy atom. The summed E-state index contributed by atoms with van der Waals surface area (Å²) >= 11 is 1.77. The van der Waals surface area contributed by atoms with E-state index in [1.165, 1.54) is 5.03 Å². The van der Waals surface area contributed by atoms with Gasteiger partial charge in [0.25, 0.3) is 0 Å². The predicted octanol–water partition coefficient (Wildman–Crippen LogP) is 2.60. The second-order valence-electron chi connectivity index (χ2n) is 1.36. The third kappa shape index (κ3) is 2.60. The van der Waals surface area contributed by atoms with E-state index < -0.39 is 0 Å². The highest BCUT2D eigenvalue weighted by molar-refractivity contribution is 8.77. The molecule has 0 aromatic heterocycles. The van der Waals surface area contributed by atoms with Gasteiger partial charge < -0.3 is 4.72 Å². The van der Waals surface area contributed by atoms with Gasteiger partial charge in [0, 0.05) is 22.1 Å². The fraction of sp³-hybridized carbons (Fsp3) is 0.200. The molecule has 1 nitrogen and oxygen atoms in total. The minimum Gasteiger partial charge on any atom is -0.314 e. The second-order valence-corrected chi connectivity index (χ2v) is 4.30. The molecular formula is C5H7NS3. The Morgan fingerprint density at radius 3 is 3.33 bits per heavy atom. The Bertz CT molecular complexity index is 132. The zero-order valence-corrected chi connectivity index (χ0v) is 7.24. The van der Waals surface area contributed by atoms with E-state index in [0.717, 1.165) is 5.75 Å². The molecule has 0 saturated heterocycles. The van der Waals surface area contributed by atoms with Crippen LogP contribution < -0.4 is 4.72 Å². The van der Waals surface area contributed by atoms with Crippen LogP contribution in [0.15, 0.2) is 23.1 Å². The molecule has 1 aliphatic rings. The summed E-state index contributed by atoms with van der Waals surface area (Å²) in [6.45, 7) is 3.63. The third-order valence-corrected chi connectivity index (χ3v) is 3.47. The molecular weight excluding hydrogens is 170 g/mol. The van der Waals surface area contributed by atoms with Crippen molar-refractivity contribution < 1.29 is 0 Å². The lowest BCUT2D eigenvalue weighted by molar-refractivity contribution is 1.41. The quantitative estimate of drug-likeness (QED) is 0.404. The zero-order chi connectivity index (χ0) is 6.53. The number of hydrogen-bond donors (Lipinski definition) is 1. The summed E-state index contributed by atoms with van der Waals surface area (Å²) in [5.74, 6) is 0.986. The van der Waals surface area contributed by atoms with Gasteiger partial charge in [0.15, 0.2) is 0 Å². The van der Waals surface area contributed by atoms with Gasteiger partial charge in [0.1, 0.15) is 0 Å². The van der Waals surface area contributed by atoms with Crippen LogP contribution in [0.3, 0.4) is 0 Å². The summed E-state index contributed by atoms with van der Waals surface area (Å²) < 4.78 is 3.15. The molecule has 1 aliphatic heterocycles. The van der Waals surface area contributed by atoms with E-state index in [-0.39, 0.29) is 0 Å². The summed E-state index contributed by atoms with van der Waals surface area (Å²) in [6.07, 6.45) is 1.90. The van der Waals surface area contributed by atoms with E-state index in [0.29, 0.717) is 0 Å². The summed E-state index contributed by atoms with van der Waals surface area (Å²) in [7, 11) is 3.37. The van der Waals surface area contributed by atoms with Gasteiger partial charge in [-0.25, -0.2) is 0 Å². The normalized spacial score (nSPS) is 16.7. The van der Waals surface area contributed by atoms with Crippen LogP contribution in [0.2, 0.25) is 0 Å². The summed E-state index contributed by atoms with van der Waals surface area (Å²) in [5, 5.41) is 3.35. The Morgan fingerprint density at radius 1 is 1.89 bits per heavy atom. The summed E-state index contributed by atoms with van der Waals surface area (Å²) in [5.41, 5.74) is 0. The van der Waals surface area contributed by atoms with Gasteiger partial charge in [-0.05, 0) is 10.8 Å². The molecule has 0 aliphatic carbocycles. The Hall–Kier alpha value is 0.330. The Labute approximate surface area is 67.3 Å². The minimum atomic E-state index is 0.986. The fourth-order valence-corrected chi connectivity index (χ4v) is 3.09. The molecule has 0 aromatic rings. The molecule has 0 bridgehead atoms. The van der Waals surface area contributed by atoms with Crippen LogP contribution in [0, 0.1) is 0 Å². The number of nitrogens with one attached hydrogen (secondary N) is 1. The predicted molar refractivity (Wildman–Crippen MR) is 49.1 cm³/mol. The highest BCUT2D eigenvalue weighted by Gasteiger charge is 2.02. The van der Waals surface area contributed by atoms with Gasteiger partial charge in [-0.1, -0.05) is 6.08 Å². The van der Waals surface area contributed by atoms with Crippen molar-refractivity contribution in [3.8, 4) is 0 Å². The Balaban J connectivity index is 2.18. The van der Waals surface area contributed by atoms with Crippen LogP contribution in [-0.4, -0.2) is 5.75 Å². The van der Waals surface area contributed by atoms with Crippen LogP contribution in [0.4, 0.5) is 0 Å². The van der Waals surface area contributed by atoms with Crippen molar-refractivity contribution >= 4 is 33.5 Å². The largest absolute Gasteiger partial charge is 0.314 e. The van der Waals surface area contributed by atoms with Crippen LogP contribution in [0.25, 0.3) is 0 Å². The molecule has 0 atom stereocenters. The van der Waals surface area contributed by atoms with Gasteiger partial charge >= 0.3 is 0 Å². The molecule has 0 spiro atoms. The maximum Gasteiger partial charge on any atom is 0.0863 e. The lowest BCUT2D eigenvalue weighted by Crippen LogP contribution is -1.91. The summed E-state index contributed by atoms with van der Waals surface area (Å²) in [4.78, 5) is 0. The van der Waals surface area contributed by atoms with E-state index in [1.807, 2.05) is 6.08 Å². The second kappa shape index (κ2) is 4.19. The van der Waals surface area contributed by atoms with E-state index in [2.05, 4.69) is 16.7 Å². The first-order valence-electron chi connectivity index (χ1n) is 2.45. The monoisotopic (exact) mass is 177 g/mol. The van der Waals surface area contributed by atoms with Gasteiger partial charge in [-0.15, -0.1) is 18.3 Å². The maximum absolute atomic E-state index is 3.63. The van der Waals surface area contributed by atoms with E-state index in [9.17, 15) is 0 Å². The smallest absolute Gasteiger partial charge is 0.0863 e. The molecule has 1 heterocycles. The van der Waals surface area contributed by atoms with Crippen molar-refractivity contribution in [3.05, 3.63) is 23.1 Å². The van der Waals surface area contributed by atoms with Crippen molar-refractivity contribution in [3.63, 3.8) is 0 Å². The van der Waals surface area contributed by atoms with Gasteiger partial charge in [0.2, 0.25) is 0 Å². The van der Waals surface area contributed by atoms with Crippen molar-refractivity contribution in [2.45, 2.75) is 0 Å². The third-order valence-electron chi connectivity index (χ3n) is 0.702. The average Bonchev–Trinajstić information content (AvgIpc) is 2.34. The van der Waals surface area contributed by atoms with Crippen LogP contribution in [0.5, 0.6) is 0 Å². The number of rotatable bonds is 3. The molecule has 9 heavy (non-hydrogen) atoms. The minimum absolute atomic E-state index is 0.986. The molecule has 4 heteroatoms. The molecule has 50 valence electrons. The number of hydrogen-bond acceptors (Lipinski definition) is 4. The first-order chi connectivity index (χ1) is 4.43. The van der Waals surface area contributed by atoms with E-state index in [1.54, 1.807) is 33.5 Å². The standard InChI is InChI=1S/C5H7NS3/c1-2-3-7-5-4-8-9-6-5/h2,4,6H,1,3H2. The Kier molecular flexibility index (Phi) is 3.47. The lowest BCUT2D eigenvalue weighted by atomic mass is 10.8. The highest BCUT2D eigenvalue weighted by atomic mass is 33.1. The van der Waals surface area contributed by atoms with Gasteiger partial charge in [-0.2, -0.15) is 0 Å².